The third kappa shape index (κ3) is 2.02. The monoisotopic (exact) mass is 246 g/mol. The number of hydrogen-bond acceptors (Lipinski definition) is 4. The fourth-order valence-electron chi connectivity index (χ4n) is 2.88. The van der Waals surface area contributed by atoms with Crippen molar-refractivity contribution in [3.63, 3.8) is 0 Å². The summed E-state index contributed by atoms with van der Waals surface area (Å²) in [5, 5.41) is -0.495. The lowest BCUT2D eigenvalue weighted by molar-refractivity contribution is -0.124. The first-order valence-electron chi connectivity index (χ1n) is 5.80. The van der Waals surface area contributed by atoms with Crippen LogP contribution in [0.1, 0.15) is 32.1 Å². The number of carbonyl (C=O) groups excluding carboxylic acids is 1. The van der Waals surface area contributed by atoms with Gasteiger partial charge in [0.1, 0.15) is 5.78 Å². The number of hydrogen-bond donors (Lipinski definition) is 0. The first-order valence-corrected chi connectivity index (χ1v) is 7.41. The standard InChI is InChI=1S/C11H18O4S/c1-15-5-4-11(12)8-6-9-2-3-10(7-8)16(9,13)14/h8-10H,2-7H2,1H3. The molecule has 0 saturated carbocycles. The summed E-state index contributed by atoms with van der Waals surface area (Å²) in [5.74, 6) is 0.129. The predicted octanol–water partition coefficient (Wildman–Crippen LogP) is 0.948. The van der Waals surface area contributed by atoms with E-state index in [0.717, 1.165) is 12.8 Å². The number of fused-ring (bicyclic) bond motifs is 2. The lowest BCUT2D eigenvalue weighted by atomic mass is 9.93. The molecule has 0 aromatic heterocycles. The molecule has 2 atom stereocenters. The van der Waals surface area contributed by atoms with Gasteiger partial charge < -0.3 is 4.74 Å². The van der Waals surface area contributed by atoms with E-state index in [9.17, 15) is 13.2 Å². The van der Waals surface area contributed by atoms with E-state index in [1.807, 2.05) is 0 Å². The molecule has 2 unspecified atom stereocenters. The molecule has 92 valence electrons. The van der Waals surface area contributed by atoms with Crippen molar-refractivity contribution in [1.29, 1.82) is 0 Å². The molecule has 0 aromatic rings. The SMILES string of the molecule is COCCC(=O)C1CC2CCC(C1)S2(=O)=O. The molecule has 0 aromatic carbocycles. The molecule has 2 aliphatic rings. The van der Waals surface area contributed by atoms with E-state index in [1.54, 1.807) is 7.11 Å². The highest BCUT2D eigenvalue weighted by atomic mass is 32.2. The minimum atomic E-state index is -2.90. The van der Waals surface area contributed by atoms with E-state index in [0.29, 0.717) is 25.9 Å². The van der Waals surface area contributed by atoms with Gasteiger partial charge >= 0.3 is 0 Å². The van der Waals surface area contributed by atoms with E-state index < -0.39 is 9.84 Å². The van der Waals surface area contributed by atoms with Crippen molar-refractivity contribution in [2.24, 2.45) is 5.92 Å². The molecule has 0 radical (unpaired) electrons. The van der Waals surface area contributed by atoms with Gasteiger partial charge in [-0.1, -0.05) is 0 Å². The van der Waals surface area contributed by atoms with Crippen molar-refractivity contribution in [1.82, 2.24) is 0 Å². The lowest BCUT2D eigenvalue weighted by Gasteiger charge is -2.26. The van der Waals surface area contributed by atoms with Crippen LogP contribution in [0.3, 0.4) is 0 Å². The molecule has 0 N–H and O–H groups in total. The van der Waals surface area contributed by atoms with Crippen LogP contribution < -0.4 is 0 Å². The van der Waals surface area contributed by atoms with Crippen LogP contribution in [-0.2, 0) is 19.4 Å². The van der Waals surface area contributed by atoms with Crippen molar-refractivity contribution in [3.8, 4) is 0 Å². The summed E-state index contributed by atoms with van der Waals surface area (Å²) in [5.41, 5.74) is 0. The highest BCUT2D eigenvalue weighted by Crippen LogP contribution is 2.41. The molecule has 4 nitrogen and oxygen atoms in total. The number of Topliss-reactive ketones (excluding diaryl/α,β-unsaturated/α-hetero) is 1. The van der Waals surface area contributed by atoms with Gasteiger partial charge in [0.15, 0.2) is 9.84 Å². The molecule has 2 bridgehead atoms. The molecule has 2 saturated heterocycles. The quantitative estimate of drug-likeness (QED) is 0.741. The van der Waals surface area contributed by atoms with Crippen LogP contribution >= 0.6 is 0 Å². The maximum atomic E-state index is 11.8. The minimum absolute atomic E-state index is 0.0452. The third-order valence-corrected chi connectivity index (χ3v) is 6.56. The van der Waals surface area contributed by atoms with Crippen molar-refractivity contribution < 1.29 is 17.9 Å². The second-order valence-corrected chi connectivity index (χ2v) is 7.30. The summed E-state index contributed by atoms with van der Waals surface area (Å²) in [4.78, 5) is 11.8. The maximum Gasteiger partial charge on any atom is 0.156 e. The summed E-state index contributed by atoms with van der Waals surface area (Å²) < 4.78 is 28.5. The van der Waals surface area contributed by atoms with Gasteiger partial charge in [0.05, 0.1) is 17.1 Å². The normalized spacial score (nSPS) is 36.2. The van der Waals surface area contributed by atoms with Gasteiger partial charge in [0, 0.05) is 19.4 Å². The van der Waals surface area contributed by atoms with Gasteiger partial charge in [-0.05, 0) is 25.7 Å². The van der Waals surface area contributed by atoms with Crippen LogP contribution in [0.2, 0.25) is 0 Å². The molecule has 2 aliphatic heterocycles. The summed E-state index contributed by atoms with van der Waals surface area (Å²) in [6.07, 6.45) is 3.01. The van der Waals surface area contributed by atoms with Crippen molar-refractivity contribution in [2.45, 2.75) is 42.6 Å². The molecule has 16 heavy (non-hydrogen) atoms. The number of ketones is 1. The average molecular weight is 246 g/mol. The largest absolute Gasteiger partial charge is 0.384 e. The zero-order chi connectivity index (χ0) is 11.8. The van der Waals surface area contributed by atoms with Crippen molar-refractivity contribution in [3.05, 3.63) is 0 Å². The van der Waals surface area contributed by atoms with E-state index >= 15 is 0 Å². The van der Waals surface area contributed by atoms with Gasteiger partial charge in [0.25, 0.3) is 0 Å². The van der Waals surface area contributed by atoms with Crippen molar-refractivity contribution in [2.75, 3.05) is 13.7 Å². The Balaban J connectivity index is 2.00. The number of ether oxygens (including phenoxy) is 1. The highest BCUT2D eigenvalue weighted by Gasteiger charge is 2.48. The summed E-state index contributed by atoms with van der Waals surface area (Å²) >= 11 is 0. The van der Waals surface area contributed by atoms with Gasteiger partial charge in [-0.3, -0.25) is 4.79 Å². The second kappa shape index (κ2) is 4.45. The van der Waals surface area contributed by atoms with Crippen LogP contribution in [0, 0.1) is 5.92 Å². The molecule has 0 spiro atoms. The topological polar surface area (TPSA) is 60.4 Å². The highest BCUT2D eigenvalue weighted by molar-refractivity contribution is 7.93. The fraction of sp³-hybridized carbons (Fsp3) is 0.909. The Labute approximate surface area is 96.3 Å². The molecule has 5 heteroatoms. The third-order valence-electron chi connectivity index (χ3n) is 3.84. The van der Waals surface area contributed by atoms with Crippen LogP contribution in [-0.4, -0.2) is 38.4 Å². The number of carbonyl (C=O) groups is 1. The van der Waals surface area contributed by atoms with E-state index in [2.05, 4.69) is 0 Å². The second-order valence-electron chi connectivity index (χ2n) is 4.79. The number of rotatable bonds is 4. The lowest BCUT2D eigenvalue weighted by Crippen LogP contribution is -2.36. The average Bonchev–Trinajstić information content (AvgIpc) is 2.47. The Bertz CT molecular complexity index is 353. The van der Waals surface area contributed by atoms with Crippen LogP contribution in [0.4, 0.5) is 0 Å². The Morgan fingerprint density at radius 1 is 1.25 bits per heavy atom. The number of methoxy groups -OCH3 is 1. The summed E-state index contributed by atoms with van der Waals surface area (Å²) in [7, 11) is -1.33. The van der Waals surface area contributed by atoms with Crippen molar-refractivity contribution >= 4 is 15.6 Å². The van der Waals surface area contributed by atoms with Crippen LogP contribution in [0.15, 0.2) is 0 Å². The minimum Gasteiger partial charge on any atom is -0.384 e. The van der Waals surface area contributed by atoms with E-state index in [1.165, 1.54) is 0 Å². The predicted molar refractivity (Wildman–Crippen MR) is 60.0 cm³/mol. The smallest absolute Gasteiger partial charge is 0.156 e. The van der Waals surface area contributed by atoms with Crippen LogP contribution in [0.5, 0.6) is 0 Å². The van der Waals surface area contributed by atoms with Gasteiger partial charge in [-0.25, -0.2) is 8.42 Å². The van der Waals surface area contributed by atoms with Gasteiger partial charge in [-0.2, -0.15) is 0 Å². The Morgan fingerprint density at radius 3 is 2.31 bits per heavy atom. The molecular formula is C11H18O4S. The summed E-state index contributed by atoms with van der Waals surface area (Å²) in [6.45, 7) is 0.442. The molecule has 0 aliphatic carbocycles. The molecule has 2 fully saturated rings. The molecule has 2 heterocycles. The van der Waals surface area contributed by atoms with Crippen LogP contribution in [0.25, 0.3) is 0 Å². The Morgan fingerprint density at radius 2 is 1.81 bits per heavy atom. The van der Waals surface area contributed by atoms with E-state index in [4.69, 9.17) is 4.74 Å². The Hall–Kier alpha value is -0.420. The zero-order valence-corrected chi connectivity index (χ0v) is 10.3. The first kappa shape index (κ1) is 12.0. The molecule has 0 amide bonds. The molecule has 2 rings (SSSR count). The van der Waals surface area contributed by atoms with Gasteiger partial charge in [-0.15, -0.1) is 0 Å². The van der Waals surface area contributed by atoms with Gasteiger partial charge in [0.2, 0.25) is 0 Å². The maximum absolute atomic E-state index is 11.8. The first-order chi connectivity index (χ1) is 7.55. The van der Waals surface area contributed by atoms with E-state index in [-0.39, 0.29) is 22.2 Å². The summed E-state index contributed by atoms with van der Waals surface area (Å²) in [6, 6.07) is 0. The fourth-order valence-corrected chi connectivity index (χ4v) is 5.35. The Kier molecular flexibility index (Phi) is 3.35. The zero-order valence-electron chi connectivity index (χ0n) is 9.52. The number of sulfone groups is 1. The molecular weight excluding hydrogens is 228 g/mol.